The number of carbonyl (C=O) groups is 2. The Kier molecular flexibility index (Phi) is 8.88. The highest BCUT2D eigenvalue weighted by molar-refractivity contribution is 5.77. The molecule has 4 rings (SSSR count). The Bertz CT molecular complexity index is 908. The highest BCUT2D eigenvalue weighted by atomic mass is 16.7. The Labute approximate surface area is 214 Å². The number of rotatable bonds is 11. The van der Waals surface area contributed by atoms with Crippen LogP contribution in [0.2, 0.25) is 0 Å². The molecule has 8 nitrogen and oxygen atoms in total. The third kappa shape index (κ3) is 6.20. The normalized spacial score (nSPS) is 23.3. The van der Waals surface area contributed by atoms with Crippen LogP contribution in [0.1, 0.15) is 89.3 Å². The van der Waals surface area contributed by atoms with Gasteiger partial charge in [0.1, 0.15) is 11.9 Å². The van der Waals surface area contributed by atoms with Gasteiger partial charge in [0.25, 0.3) is 0 Å². The summed E-state index contributed by atoms with van der Waals surface area (Å²) in [4.78, 5) is 36.1. The second-order valence-corrected chi connectivity index (χ2v) is 11.5. The predicted octanol–water partition coefficient (Wildman–Crippen LogP) is 4.35. The molecule has 0 aromatic carbocycles. The van der Waals surface area contributed by atoms with Gasteiger partial charge < -0.3 is 20.4 Å². The zero-order valence-corrected chi connectivity index (χ0v) is 21.9. The minimum Gasteiger partial charge on any atom is -0.480 e. The summed E-state index contributed by atoms with van der Waals surface area (Å²) < 4.78 is 0. The van der Waals surface area contributed by atoms with Crippen LogP contribution >= 0.6 is 0 Å². The molecule has 0 amide bonds. The number of pyridine rings is 1. The largest absolute Gasteiger partial charge is 0.480 e. The molecule has 1 aliphatic heterocycles. The monoisotopic (exact) mass is 501 g/mol. The van der Waals surface area contributed by atoms with Crippen molar-refractivity contribution < 1.29 is 24.6 Å². The minimum absolute atomic E-state index is 0.0275. The SMILES string of the molecule is CC(C)(C(=O)ON(C1CC(CCc2ccc3c(n2)NCCC3)C1)[C@@H](CCO)C(=O)O)C1CCCCC1. The Morgan fingerprint density at radius 3 is 2.64 bits per heavy atom. The fourth-order valence-corrected chi connectivity index (χ4v) is 6.08. The average molecular weight is 502 g/mol. The van der Waals surface area contributed by atoms with Gasteiger partial charge in [-0.2, -0.15) is 0 Å². The molecule has 2 fully saturated rings. The van der Waals surface area contributed by atoms with E-state index in [9.17, 15) is 19.8 Å². The number of nitrogens with one attached hydrogen (secondary N) is 1. The maximum atomic E-state index is 13.3. The second kappa shape index (κ2) is 11.9. The second-order valence-electron chi connectivity index (χ2n) is 11.5. The third-order valence-electron chi connectivity index (χ3n) is 8.67. The van der Waals surface area contributed by atoms with Gasteiger partial charge in [0.15, 0.2) is 0 Å². The lowest BCUT2D eigenvalue weighted by atomic mass is 9.71. The van der Waals surface area contributed by atoms with Gasteiger partial charge in [-0.25, -0.2) is 9.78 Å². The van der Waals surface area contributed by atoms with E-state index in [1.165, 1.54) is 17.0 Å². The molecule has 2 aliphatic carbocycles. The number of anilines is 1. The molecular weight excluding hydrogens is 458 g/mol. The fourth-order valence-electron chi connectivity index (χ4n) is 6.08. The van der Waals surface area contributed by atoms with E-state index in [1.807, 2.05) is 13.8 Å². The smallest absolute Gasteiger partial charge is 0.330 e. The van der Waals surface area contributed by atoms with Crippen molar-refractivity contribution in [3.8, 4) is 0 Å². The van der Waals surface area contributed by atoms with Gasteiger partial charge in [-0.05, 0) is 95.1 Å². The van der Waals surface area contributed by atoms with Gasteiger partial charge in [-0.3, -0.25) is 4.79 Å². The van der Waals surface area contributed by atoms with Crippen LogP contribution in [-0.4, -0.2) is 57.4 Å². The highest BCUT2D eigenvalue weighted by Crippen LogP contribution is 2.41. The molecule has 36 heavy (non-hydrogen) atoms. The number of aromatic nitrogens is 1. The van der Waals surface area contributed by atoms with Crippen molar-refractivity contribution in [3.05, 3.63) is 23.4 Å². The van der Waals surface area contributed by atoms with Gasteiger partial charge in [0, 0.05) is 24.9 Å². The maximum absolute atomic E-state index is 13.3. The number of carboxylic acids is 1. The summed E-state index contributed by atoms with van der Waals surface area (Å²) in [5.74, 6) is 0.262. The first-order valence-electron chi connectivity index (χ1n) is 13.9. The first kappa shape index (κ1) is 26.9. The van der Waals surface area contributed by atoms with E-state index in [0.717, 1.165) is 82.3 Å². The molecule has 1 atom stereocenters. The van der Waals surface area contributed by atoms with Crippen LogP contribution in [-0.2, 0) is 27.3 Å². The van der Waals surface area contributed by atoms with Gasteiger partial charge >= 0.3 is 11.9 Å². The third-order valence-corrected chi connectivity index (χ3v) is 8.67. The quantitative estimate of drug-likeness (QED) is 0.384. The van der Waals surface area contributed by atoms with Crippen molar-refractivity contribution in [3.63, 3.8) is 0 Å². The zero-order chi connectivity index (χ0) is 25.7. The Morgan fingerprint density at radius 2 is 1.94 bits per heavy atom. The summed E-state index contributed by atoms with van der Waals surface area (Å²) in [6, 6.07) is 3.10. The maximum Gasteiger partial charge on any atom is 0.330 e. The number of carboxylic acid groups (broad SMARTS) is 1. The summed E-state index contributed by atoms with van der Waals surface area (Å²) in [5.41, 5.74) is 1.69. The van der Waals surface area contributed by atoms with Crippen molar-refractivity contribution in [2.45, 2.75) is 103 Å². The lowest BCUT2D eigenvalue weighted by molar-refractivity contribution is -0.243. The van der Waals surface area contributed by atoms with Gasteiger partial charge in [0.05, 0.1) is 5.41 Å². The molecule has 0 unspecified atom stereocenters. The predicted molar refractivity (Wildman–Crippen MR) is 137 cm³/mol. The van der Waals surface area contributed by atoms with Crippen molar-refractivity contribution >= 4 is 17.8 Å². The molecule has 2 saturated carbocycles. The molecule has 8 heteroatoms. The first-order chi connectivity index (χ1) is 17.3. The van der Waals surface area contributed by atoms with E-state index < -0.39 is 17.4 Å². The van der Waals surface area contributed by atoms with E-state index in [1.54, 1.807) is 0 Å². The van der Waals surface area contributed by atoms with Crippen molar-refractivity contribution in [1.29, 1.82) is 0 Å². The molecule has 1 aromatic rings. The van der Waals surface area contributed by atoms with Crippen LogP contribution in [0.15, 0.2) is 12.1 Å². The zero-order valence-electron chi connectivity index (χ0n) is 21.9. The Morgan fingerprint density at radius 1 is 1.19 bits per heavy atom. The van der Waals surface area contributed by atoms with Gasteiger partial charge in [0.2, 0.25) is 0 Å². The van der Waals surface area contributed by atoms with Crippen molar-refractivity contribution in [1.82, 2.24) is 10.0 Å². The summed E-state index contributed by atoms with van der Waals surface area (Å²) in [6.07, 6.45) is 11.1. The first-order valence-corrected chi connectivity index (χ1v) is 13.9. The molecule has 3 N–H and O–H groups in total. The van der Waals surface area contributed by atoms with Gasteiger partial charge in [-0.15, -0.1) is 5.06 Å². The highest BCUT2D eigenvalue weighted by Gasteiger charge is 2.45. The lowest BCUT2D eigenvalue weighted by Crippen LogP contribution is -2.55. The number of aliphatic carboxylic acids is 1. The van der Waals surface area contributed by atoms with E-state index >= 15 is 0 Å². The number of aliphatic hydroxyl groups excluding tert-OH is 1. The molecule has 1 aromatic heterocycles. The summed E-state index contributed by atoms with van der Waals surface area (Å²) >= 11 is 0. The van der Waals surface area contributed by atoms with Crippen LogP contribution in [0.25, 0.3) is 0 Å². The van der Waals surface area contributed by atoms with Gasteiger partial charge in [-0.1, -0.05) is 25.3 Å². The van der Waals surface area contributed by atoms with Crippen LogP contribution in [0.5, 0.6) is 0 Å². The number of nitrogens with zero attached hydrogens (tertiary/aromatic N) is 2. The molecule has 0 bridgehead atoms. The summed E-state index contributed by atoms with van der Waals surface area (Å²) in [6.45, 7) is 4.55. The van der Waals surface area contributed by atoms with Crippen LogP contribution < -0.4 is 5.32 Å². The Hall–Kier alpha value is -2.19. The van der Waals surface area contributed by atoms with Crippen LogP contribution in [0, 0.1) is 17.3 Å². The van der Waals surface area contributed by atoms with Crippen molar-refractivity contribution in [2.24, 2.45) is 17.3 Å². The summed E-state index contributed by atoms with van der Waals surface area (Å²) in [5, 5.41) is 24.2. The molecule has 2 heterocycles. The minimum atomic E-state index is -1.07. The average Bonchev–Trinajstić information content (AvgIpc) is 2.85. The number of carbonyl (C=O) groups excluding carboxylic acids is 1. The number of hydroxylamine groups is 2. The fraction of sp³-hybridized carbons (Fsp3) is 0.750. The number of fused-ring (bicyclic) bond motifs is 1. The van der Waals surface area contributed by atoms with E-state index in [0.29, 0.717) is 5.92 Å². The van der Waals surface area contributed by atoms with E-state index in [-0.39, 0.29) is 31.0 Å². The molecule has 0 spiro atoms. The van der Waals surface area contributed by atoms with E-state index in [4.69, 9.17) is 9.82 Å². The number of aryl methyl sites for hydroxylation is 2. The Balaban J connectivity index is 1.36. The lowest BCUT2D eigenvalue weighted by Gasteiger charge is -2.45. The van der Waals surface area contributed by atoms with Crippen LogP contribution in [0.3, 0.4) is 0 Å². The molecular formula is C28H43N3O5. The molecule has 0 radical (unpaired) electrons. The number of hydrogen-bond acceptors (Lipinski definition) is 7. The van der Waals surface area contributed by atoms with Crippen LogP contribution in [0.4, 0.5) is 5.82 Å². The molecule has 3 aliphatic rings. The molecule has 200 valence electrons. The topological polar surface area (TPSA) is 112 Å². The standard InChI is InChI=1S/C28H43N3O5/c1-28(2,21-8-4-3-5-9-21)27(35)36-31(24(14-16-32)26(33)34)23-17-19(18-23)10-12-22-13-11-20-7-6-15-29-25(20)30-22/h11,13,19,21,23-24,32H,3-10,12,14-18H2,1-2H3,(H,29,30)(H,33,34)/t19?,23?,24-/m0/s1. The number of hydrogen-bond donors (Lipinski definition) is 3. The molecule has 0 saturated heterocycles. The summed E-state index contributed by atoms with van der Waals surface area (Å²) in [7, 11) is 0. The number of aliphatic hydroxyl groups is 1. The van der Waals surface area contributed by atoms with E-state index in [2.05, 4.69) is 17.4 Å². The van der Waals surface area contributed by atoms with Crippen molar-refractivity contribution in [2.75, 3.05) is 18.5 Å².